The molecule has 0 aliphatic carbocycles. The molecule has 0 unspecified atom stereocenters. The van der Waals surface area contributed by atoms with E-state index >= 15 is 0 Å². The van der Waals surface area contributed by atoms with Gasteiger partial charge in [-0.1, -0.05) is 60.7 Å². The minimum Gasteiger partial charge on any atom is -0.310 e. The van der Waals surface area contributed by atoms with Crippen molar-refractivity contribution in [1.29, 1.82) is 0 Å². The second kappa shape index (κ2) is 14.3. The van der Waals surface area contributed by atoms with Gasteiger partial charge >= 0.3 is 0 Å². The summed E-state index contributed by atoms with van der Waals surface area (Å²) in [5.74, 6) is 0. The monoisotopic (exact) mass is 803 g/mol. The zero-order valence-corrected chi connectivity index (χ0v) is 33.3. The maximum absolute atomic E-state index is 4.69. The number of thiophene rings is 1. The lowest BCUT2D eigenvalue weighted by atomic mass is 10.0. The van der Waals surface area contributed by atoms with Crippen LogP contribution < -0.4 is 9.80 Å². The van der Waals surface area contributed by atoms with E-state index in [0.717, 1.165) is 67.6 Å². The summed E-state index contributed by atoms with van der Waals surface area (Å²) < 4.78 is 2.46. The molecule has 0 radical (unpaired) electrons. The van der Waals surface area contributed by atoms with Crippen LogP contribution in [-0.4, -0.2) is 35.0 Å². The van der Waals surface area contributed by atoms with Crippen LogP contribution in [0, 0.1) is 0 Å². The van der Waals surface area contributed by atoms with Crippen molar-refractivity contribution < 1.29 is 0 Å². The molecule has 0 fully saturated rings. The van der Waals surface area contributed by atoms with Crippen LogP contribution >= 0.6 is 11.3 Å². The number of aromatic nitrogens is 7. The Hall–Kier alpha value is -8.21. The van der Waals surface area contributed by atoms with Crippen LogP contribution in [0.15, 0.2) is 200 Å². The van der Waals surface area contributed by atoms with Gasteiger partial charge in [0, 0.05) is 54.8 Å². The normalized spacial score (nSPS) is 11.6. The number of fused-ring (bicyclic) bond motifs is 7. The van der Waals surface area contributed by atoms with E-state index in [4.69, 9.17) is 10.2 Å². The highest BCUT2D eigenvalue weighted by Gasteiger charge is 2.19. The topological polar surface area (TPSA) is 80.8 Å². The summed E-state index contributed by atoms with van der Waals surface area (Å²) in [7, 11) is 0. The van der Waals surface area contributed by atoms with E-state index in [1.807, 2.05) is 72.1 Å². The standard InChI is InChI=1S/C51H33N9S/c1-2-9-35(10-3-1)57(36-17-21-38(22-18-36)59-53-45-12-4-5-13-46(45)54-59)40-25-27-43-34(31-40)16-29-49-51(43)44-28-26-41(32-50(44)61-49)58(42-11-8-30-52-33-42)37-19-23-39(24-20-37)60-55-47-14-6-7-15-48(47)56-60/h1-33H. The number of para-hydroxylation sites is 1. The van der Waals surface area contributed by atoms with Gasteiger partial charge in [0.2, 0.25) is 0 Å². The van der Waals surface area contributed by atoms with Crippen LogP contribution in [0.4, 0.5) is 34.1 Å². The van der Waals surface area contributed by atoms with Crippen molar-refractivity contribution in [2.75, 3.05) is 9.80 Å². The molecule has 288 valence electrons. The Balaban J connectivity index is 0.909. The Bertz CT molecular complexity index is 3310. The largest absolute Gasteiger partial charge is 0.310 e. The molecule has 8 aromatic carbocycles. The second-order valence-electron chi connectivity index (χ2n) is 14.8. The number of pyridine rings is 1. The number of hydrogen-bond acceptors (Lipinski definition) is 8. The predicted molar refractivity (Wildman–Crippen MR) is 249 cm³/mol. The fourth-order valence-corrected chi connectivity index (χ4v) is 9.39. The zero-order valence-electron chi connectivity index (χ0n) is 32.5. The van der Waals surface area contributed by atoms with E-state index in [1.54, 1.807) is 15.8 Å². The van der Waals surface area contributed by atoms with Gasteiger partial charge < -0.3 is 9.80 Å². The number of hydrogen-bond donors (Lipinski definition) is 0. The molecule has 0 aliphatic heterocycles. The molecule has 4 aromatic heterocycles. The van der Waals surface area contributed by atoms with Gasteiger partial charge in [0.1, 0.15) is 22.1 Å². The lowest BCUT2D eigenvalue weighted by molar-refractivity contribution is 0.765. The van der Waals surface area contributed by atoms with Gasteiger partial charge in [-0.2, -0.15) is 9.59 Å². The fraction of sp³-hybridized carbons (Fsp3) is 0. The Labute approximate surface area is 353 Å². The highest BCUT2D eigenvalue weighted by atomic mass is 32.1. The third kappa shape index (κ3) is 6.12. The summed E-state index contributed by atoms with van der Waals surface area (Å²) in [5.41, 5.74) is 11.5. The van der Waals surface area contributed by atoms with Crippen LogP contribution in [0.25, 0.3) is 64.4 Å². The molecule has 4 heterocycles. The lowest BCUT2D eigenvalue weighted by Gasteiger charge is -2.26. The molecular formula is C51H33N9S. The Morgan fingerprint density at radius 1 is 0.377 bits per heavy atom. The minimum atomic E-state index is 0.864. The van der Waals surface area contributed by atoms with Crippen molar-refractivity contribution in [3.63, 3.8) is 0 Å². The summed E-state index contributed by atoms with van der Waals surface area (Å²) >= 11 is 1.82. The third-order valence-electron chi connectivity index (χ3n) is 11.1. The minimum absolute atomic E-state index is 0.864. The van der Waals surface area contributed by atoms with E-state index < -0.39 is 0 Å². The Kier molecular flexibility index (Phi) is 8.13. The molecule has 12 rings (SSSR count). The van der Waals surface area contributed by atoms with Crippen LogP contribution in [0.1, 0.15) is 0 Å². The second-order valence-corrected chi connectivity index (χ2v) is 15.9. The van der Waals surface area contributed by atoms with Crippen molar-refractivity contribution in [3.05, 3.63) is 200 Å². The van der Waals surface area contributed by atoms with Crippen LogP contribution in [0.3, 0.4) is 0 Å². The highest BCUT2D eigenvalue weighted by molar-refractivity contribution is 7.26. The smallest absolute Gasteiger partial charge is 0.113 e. The molecule has 0 amide bonds. The molecule has 10 heteroatoms. The van der Waals surface area contributed by atoms with E-state index in [2.05, 4.69) is 158 Å². The molecule has 0 atom stereocenters. The van der Waals surface area contributed by atoms with Crippen LogP contribution in [-0.2, 0) is 0 Å². The van der Waals surface area contributed by atoms with Crippen LogP contribution in [0.2, 0.25) is 0 Å². The lowest BCUT2D eigenvalue weighted by Crippen LogP contribution is -2.10. The summed E-state index contributed by atoms with van der Waals surface area (Å²) in [5, 5.41) is 23.7. The summed E-state index contributed by atoms with van der Waals surface area (Å²) in [6.07, 6.45) is 3.71. The van der Waals surface area contributed by atoms with Crippen LogP contribution in [0.5, 0.6) is 0 Å². The van der Waals surface area contributed by atoms with Gasteiger partial charge in [-0.3, -0.25) is 4.98 Å². The fourth-order valence-electron chi connectivity index (χ4n) is 8.24. The number of rotatable bonds is 8. The van der Waals surface area contributed by atoms with Crippen molar-refractivity contribution >= 4 is 98.5 Å². The quantitative estimate of drug-likeness (QED) is 0.151. The highest BCUT2D eigenvalue weighted by Crippen LogP contribution is 2.44. The van der Waals surface area contributed by atoms with Gasteiger partial charge in [0.05, 0.1) is 23.3 Å². The van der Waals surface area contributed by atoms with Gasteiger partial charge in [0.15, 0.2) is 0 Å². The average molecular weight is 804 g/mol. The first-order valence-electron chi connectivity index (χ1n) is 20.0. The van der Waals surface area contributed by atoms with Crippen molar-refractivity contribution in [3.8, 4) is 11.4 Å². The molecule has 0 saturated carbocycles. The van der Waals surface area contributed by atoms with Gasteiger partial charge in [-0.25, -0.2) is 0 Å². The molecule has 0 N–H and O–H groups in total. The summed E-state index contributed by atoms with van der Waals surface area (Å²) in [6.45, 7) is 0. The molecule has 0 spiro atoms. The first-order valence-corrected chi connectivity index (χ1v) is 20.8. The Morgan fingerprint density at radius 3 is 1.44 bits per heavy atom. The molecular weight excluding hydrogens is 771 g/mol. The zero-order chi connectivity index (χ0) is 40.3. The third-order valence-corrected chi connectivity index (χ3v) is 12.2. The van der Waals surface area contributed by atoms with E-state index in [1.165, 1.54) is 30.9 Å². The van der Waals surface area contributed by atoms with E-state index in [-0.39, 0.29) is 0 Å². The average Bonchev–Trinajstić information content (AvgIpc) is 4.06. The van der Waals surface area contributed by atoms with E-state index in [9.17, 15) is 0 Å². The maximum atomic E-state index is 4.69. The molecule has 0 saturated heterocycles. The number of nitrogens with zero attached hydrogens (tertiary/aromatic N) is 9. The number of benzene rings is 8. The van der Waals surface area contributed by atoms with Crippen molar-refractivity contribution in [2.24, 2.45) is 0 Å². The summed E-state index contributed by atoms with van der Waals surface area (Å²) in [4.78, 5) is 12.4. The van der Waals surface area contributed by atoms with Gasteiger partial charge in [0.25, 0.3) is 0 Å². The molecule has 12 aromatic rings. The van der Waals surface area contributed by atoms with Crippen molar-refractivity contribution in [2.45, 2.75) is 0 Å². The van der Waals surface area contributed by atoms with Crippen molar-refractivity contribution in [1.82, 2.24) is 35.0 Å². The SMILES string of the molecule is c1ccc(N(c2ccc(-n3nc4ccccc4n3)cc2)c2ccc3c(ccc4sc5cc(N(c6ccc(-n7nc8ccccc8n7)cc6)c6cccnc6)ccc5c43)c2)cc1. The molecule has 0 aliphatic rings. The molecule has 0 bridgehead atoms. The van der Waals surface area contributed by atoms with Gasteiger partial charge in [-0.05, 0) is 138 Å². The predicted octanol–water partition coefficient (Wildman–Crippen LogP) is 13.0. The van der Waals surface area contributed by atoms with Gasteiger partial charge in [-0.15, -0.1) is 31.7 Å². The molecule has 61 heavy (non-hydrogen) atoms. The first kappa shape index (κ1) is 34.8. The maximum Gasteiger partial charge on any atom is 0.113 e. The number of anilines is 6. The first-order chi connectivity index (χ1) is 30.2. The Morgan fingerprint density at radius 2 is 0.869 bits per heavy atom. The summed E-state index contributed by atoms with van der Waals surface area (Å²) in [6, 6.07) is 65.3. The van der Waals surface area contributed by atoms with E-state index in [0.29, 0.717) is 0 Å². The molecule has 9 nitrogen and oxygen atoms in total.